The van der Waals surface area contributed by atoms with Gasteiger partial charge in [-0.25, -0.2) is 14.5 Å². The van der Waals surface area contributed by atoms with E-state index in [1.54, 1.807) is 16.8 Å². The second kappa shape index (κ2) is 5.71. The molecule has 19 heavy (non-hydrogen) atoms. The summed E-state index contributed by atoms with van der Waals surface area (Å²) in [5, 5.41) is 4.41. The van der Waals surface area contributed by atoms with Crippen LogP contribution in [0.1, 0.15) is 23.1 Å². The number of hydrogen-bond acceptors (Lipinski definition) is 5. The van der Waals surface area contributed by atoms with Crippen LogP contribution in [-0.2, 0) is 17.9 Å². The number of rotatable bonds is 4. The van der Waals surface area contributed by atoms with Crippen LogP contribution in [0.15, 0.2) is 24.5 Å². The lowest BCUT2D eigenvalue weighted by atomic mass is 10.2. The molecular weight excluding hydrogens is 268 g/mol. The van der Waals surface area contributed by atoms with Crippen molar-refractivity contribution in [1.82, 2.24) is 14.8 Å². The Bertz CT molecular complexity index is 597. The Morgan fingerprint density at radius 2 is 2.32 bits per heavy atom. The minimum absolute atomic E-state index is 0.0403. The first-order valence-electron chi connectivity index (χ1n) is 5.70. The molecule has 2 aromatic rings. The van der Waals surface area contributed by atoms with Gasteiger partial charge in [-0.1, -0.05) is 11.6 Å². The maximum Gasteiger partial charge on any atom is 0.340 e. The summed E-state index contributed by atoms with van der Waals surface area (Å²) in [5.41, 5.74) is 6.27. The number of anilines is 1. The second-order valence-corrected chi connectivity index (χ2v) is 4.24. The molecular formula is C12H13ClN4O2. The van der Waals surface area contributed by atoms with E-state index in [0.29, 0.717) is 23.1 Å². The van der Waals surface area contributed by atoms with E-state index in [2.05, 4.69) is 10.1 Å². The fourth-order valence-corrected chi connectivity index (χ4v) is 1.75. The largest absolute Gasteiger partial charge is 0.454 e. The van der Waals surface area contributed by atoms with Gasteiger partial charge >= 0.3 is 5.97 Å². The van der Waals surface area contributed by atoms with Crippen molar-refractivity contribution in [3.63, 3.8) is 0 Å². The molecule has 0 bridgehead atoms. The van der Waals surface area contributed by atoms with Crippen LogP contribution in [0.3, 0.4) is 0 Å². The smallest absolute Gasteiger partial charge is 0.340 e. The molecule has 6 nitrogen and oxygen atoms in total. The van der Waals surface area contributed by atoms with Crippen molar-refractivity contribution in [3.8, 4) is 0 Å². The number of aryl methyl sites for hydroxylation is 1. The third-order valence-electron chi connectivity index (χ3n) is 2.56. The molecule has 0 aliphatic carbocycles. The van der Waals surface area contributed by atoms with E-state index in [-0.39, 0.29) is 12.2 Å². The monoisotopic (exact) mass is 280 g/mol. The van der Waals surface area contributed by atoms with Gasteiger partial charge in [-0.3, -0.25) is 0 Å². The highest BCUT2D eigenvalue weighted by Gasteiger charge is 2.13. The zero-order valence-electron chi connectivity index (χ0n) is 10.3. The highest BCUT2D eigenvalue weighted by Crippen LogP contribution is 2.19. The second-order valence-electron chi connectivity index (χ2n) is 3.80. The number of esters is 1. The van der Waals surface area contributed by atoms with Gasteiger partial charge in [-0.15, -0.1) is 0 Å². The fourth-order valence-electron chi connectivity index (χ4n) is 1.58. The molecule has 2 N–H and O–H groups in total. The molecule has 0 radical (unpaired) electrons. The van der Waals surface area contributed by atoms with Gasteiger partial charge in [0.05, 0.1) is 5.56 Å². The molecule has 0 saturated carbocycles. The van der Waals surface area contributed by atoms with Gasteiger partial charge in [0.15, 0.2) is 12.4 Å². The molecule has 0 saturated heterocycles. The molecule has 0 unspecified atom stereocenters. The maximum absolute atomic E-state index is 11.9. The zero-order chi connectivity index (χ0) is 13.8. The van der Waals surface area contributed by atoms with Gasteiger partial charge < -0.3 is 10.5 Å². The number of hydrogen-bond donors (Lipinski definition) is 1. The standard InChI is InChI=1S/C12H13ClN4O2/c1-2-17-11(15-7-16-17)6-19-12(18)9-5-8(13)3-4-10(9)14/h3-5,7H,2,6,14H2,1H3. The minimum atomic E-state index is -0.536. The molecule has 2 rings (SSSR count). The molecule has 0 aliphatic heterocycles. The number of halogens is 1. The van der Waals surface area contributed by atoms with Crippen LogP contribution >= 0.6 is 11.6 Å². The first-order valence-corrected chi connectivity index (χ1v) is 6.08. The summed E-state index contributed by atoms with van der Waals surface area (Å²) in [6, 6.07) is 4.65. The molecule has 1 aromatic heterocycles. The SMILES string of the molecule is CCn1ncnc1COC(=O)c1cc(Cl)ccc1N. The van der Waals surface area contributed by atoms with Crippen LogP contribution in [0.2, 0.25) is 5.02 Å². The summed E-state index contributed by atoms with van der Waals surface area (Å²) < 4.78 is 6.80. The van der Waals surface area contributed by atoms with Gasteiger partial charge in [0.2, 0.25) is 0 Å². The Labute approximate surface area is 115 Å². The number of ether oxygens (including phenoxy) is 1. The van der Waals surface area contributed by atoms with Crippen molar-refractivity contribution in [3.05, 3.63) is 40.9 Å². The first-order chi connectivity index (χ1) is 9.11. The molecule has 1 heterocycles. The van der Waals surface area contributed by atoms with E-state index in [1.165, 1.54) is 12.4 Å². The van der Waals surface area contributed by atoms with Crippen molar-refractivity contribution >= 4 is 23.3 Å². The summed E-state index contributed by atoms with van der Waals surface area (Å²) in [4.78, 5) is 15.9. The van der Waals surface area contributed by atoms with Crippen LogP contribution in [0.25, 0.3) is 0 Å². The molecule has 0 atom stereocenters. The van der Waals surface area contributed by atoms with Crippen molar-refractivity contribution in [1.29, 1.82) is 0 Å². The quantitative estimate of drug-likeness (QED) is 0.683. The predicted octanol–water partition coefficient (Wildman–Crippen LogP) is 1.89. The average molecular weight is 281 g/mol. The molecule has 0 fully saturated rings. The van der Waals surface area contributed by atoms with Gasteiger partial charge in [-0.05, 0) is 25.1 Å². The normalized spacial score (nSPS) is 10.4. The Morgan fingerprint density at radius 1 is 1.53 bits per heavy atom. The first kappa shape index (κ1) is 13.4. The van der Waals surface area contributed by atoms with Gasteiger partial charge in [0.1, 0.15) is 6.33 Å². The third kappa shape index (κ3) is 3.03. The van der Waals surface area contributed by atoms with E-state index >= 15 is 0 Å². The third-order valence-corrected chi connectivity index (χ3v) is 2.80. The lowest BCUT2D eigenvalue weighted by molar-refractivity contribution is 0.0458. The van der Waals surface area contributed by atoms with Crippen LogP contribution in [-0.4, -0.2) is 20.7 Å². The van der Waals surface area contributed by atoms with E-state index in [0.717, 1.165) is 0 Å². The fraction of sp³-hybridized carbons (Fsp3) is 0.250. The molecule has 0 spiro atoms. The minimum Gasteiger partial charge on any atom is -0.454 e. The molecule has 100 valence electrons. The number of carbonyl (C=O) groups excluding carboxylic acids is 1. The summed E-state index contributed by atoms with van der Waals surface area (Å²) in [6.45, 7) is 2.62. The zero-order valence-corrected chi connectivity index (χ0v) is 11.1. The van der Waals surface area contributed by atoms with Crippen molar-refractivity contribution in [2.24, 2.45) is 0 Å². The van der Waals surface area contributed by atoms with Crippen LogP contribution < -0.4 is 5.73 Å². The number of nitrogens with two attached hydrogens (primary N) is 1. The number of nitrogens with zero attached hydrogens (tertiary/aromatic N) is 3. The summed E-state index contributed by atoms with van der Waals surface area (Å²) in [6.07, 6.45) is 1.42. The molecule has 1 aromatic carbocycles. The average Bonchev–Trinajstić information content (AvgIpc) is 2.86. The lowest BCUT2D eigenvalue weighted by Crippen LogP contribution is -2.11. The van der Waals surface area contributed by atoms with Gasteiger partial charge in [0.25, 0.3) is 0 Å². The van der Waals surface area contributed by atoms with E-state index < -0.39 is 5.97 Å². The molecule has 0 amide bonds. The van der Waals surface area contributed by atoms with Crippen molar-refractivity contribution < 1.29 is 9.53 Å². The van der Waals surface area contributed by atoms with E-state index in [9.17, 15) is 4.79 Å². The highest BCUT2D eigenvalue weighted by atomic mass is 35.5. The Kier molecular flexibility index (Phi) is 4.01. The summed E-state index contributed by atoms with van der Waals surface area (Å²) in [7, 11) is 0. The van der Waals surface area contributed by atoms with Crippen LogP contribution in [0.5, 0.6) is 0 Å². The molecule has 0 aliphatic rings. The predicted molar refractivity (Wildman–Crippen MR) is 70.7 cm³/mol. The Balaban J connectivity index is 2.07. The maximum atomic E-state index is 11.9. The number of benzene rings is 1. The number of aromatic nitrogens is 3. The Hall–Kier alpha value is -2.08. The topological polar surface area (TPSA) is 83.0 Å². The number of nitrogen functional groups attached to an aromatic ring is 1. The Morgan fingerprint density at radius 3 is 3.05 bits per heavy atom. The summed E-state index contributed by atoms with van der Waals surface area (Å²) >= 11 is 5.82. The van der Waals surface area contributed by atoms with Crippen LogP contribution in [0.4, 0.5) is 5.69 Å². The van der Waals surface area contributed by atoms with E-state index in [1.807, 2.05) is 6.92 Å². The van der Waals surface area contributed by atoms with Gasteiger partial charge in [-0.2, -0.15) is 5.10 Å². The summed E-state index contributed by atoms with van der Waals surface area (Å²) in [5.74, 6) is 0.0436. The van der Waals surface area contributed by atoms with Crippen molar-refractivity contribution in [2.75, 3.05) is 5.73 Å². The number of carbonyl (C=O) groups is 1. The molecule has 7 heteroatoms. The highest BCUT2D eigenvalue weighted by molar-refractivity contribution is 6.31. The van der Waals surface area contributed by atoms with Crippen LogP contribution in [0, 0.1) is 0 Å². The van der Waals surface area contributed by atoms with Crippen molar-refractivity contribution in [2.45, 2.75) is 20.1 Å². The van der Waals surface area contributed by atoms with E-state index in [4.69, 9.17) is 22.1 Å². The van der Waals surface area contributed by atoms with Gasteiger partial charge in [0, 0.05) is 17.3 Å². The lowest BCUT2D eigenvalue weighted by Gasteiger charge is -2.07.